The van der Waals surface area contributed by atoms with Gasteiger partial charge in [0.25, 0.3) is 0 Å². The van der Waals surface area contributed by atoms with E-state index in [-0.39, 0.29) is 25.7 Å². The summed E-state index contributed by atoms with van der Waals surface area (Å²) < 4.78 is 0. The van der Waals surface area contributed by atoms with Crippen LogP contribution in [0.1, 0.15) is 12.5 Å². The number of carbonyl (C=O) groups is 3. The Hall–Kier alpha value is -2.60. The number of rotatable bonds is 9. The van der Waals surface area contributed by atoms with Gasteiger partial charge in [0.05, 0.1) is 24.6 Å². The van der Waals surface area contributed by atoms with E-state index in [0.29, 0.717) is 44.1 Å². The van der Waals surface area contributed by atoms with Crippen molar-refractivity contribution in [3.05, 3.63) is 29.8 Å². The lowest BCUT2D eigenvalue weighted by Crippen LogP contribution is -2.49. The number of nitrogens with one attached hydrogen (secondary N) is 1. The largest absolute Gasteiger partial charge is 0.480 e. The molecule has 11 heteroatoms. The van der Waals surface area contributed by atoms with Crippen molar-refractivity contribution in [3.8, 4) is 0 Å². The molecule has 1 aliphatic heterocycles. The average Bonchev–Trinajstić information content (AvgIpc) is 2.74. The van der Waals surface area contributed by atoms with Gasteiger partial charge in [-0.25, -0.2) is 0 Å². The van der Waals surface area contributed by atoms with E-state index in [0.717, 1.165) is 11.3 Å². The van der Waals surface area contributed by atoms with Gasteiger partial charge in [0.1, 0.15) is 0 Å². The Bertz CT molecular complexity index is 819. The highest BCUT2D eigenvalue weighted by atomic mass is 32.1. The number of hydrogen-bond acceptors (Lipinski definition) is 7. The van der Waals surface area contributed by atoms with Gasteiger partial charge in [0, 0.05) is 44.5 Å². The van der Waals surface area contributed by atoms with E-state index >= 15 is 0 Å². The summed E-state index contributed by atoms with van der Waals surface area (Å²) in [5, 5.41) is 31.0. The third-order valence-electron chi connectivity index (χ3n) is 5.22. The first kappa shape index (κ1) is 25.7. The van der Waals surface area contributed by atoms with Crippen molar-refractivity contribution in [2.75, 3.05) is 57.7 Å². The lowest BCUT2D eigenvalue weighted by molar-refractivity contribution is -0.140. The van der Waals surface area contributed by atoms with Crippen LogP contribution >= 0.6 is 12.2 Å². The van der Waals surface area contributed by atoms with E-state index in [1.807, 2.05) is 24.3 Å². The Kier molecular flexibility index (Phi) is 9.97. The van der Waals surface area contributed by atoms with Gasteiger partial charge in [0.15, 0.2) is 0 Å². The van der Waals surface area contributed by atoms with Crippen molar-refractivity contribution in [1.29, 1.82) is 0 Å². The van der Waals surface area contributed by atoms with E-state index in [1.54, 1.807) is 21.6 Å². The molecule has 1 aliphatic rings. The molecule has 1 heterocycles. The summed E-state index contributed by atoms with van der Waals surface area (Å²) >= 11 is 5.05. The number of hydrogen-bond donors (Lipinski definition) is 4. The van der Waals surface area contributed by atoms with Gasteiger partial charge in [-0.05, 0) is 31.0 Å². The van der Waals surface area contributed by atoms with Crippen LogP contribution in [0.2, 0.25) is 0 Å². The van der Waals surface area contributed by atoms with Gasteiger partial charge in [-0.15, -0.1) is 0 Å². The molecular formula is C21H30N4O6S. The second-order valence-corrected chi connectivity index (χ2v) is 8.51. The topological polar surface area (TPSA) is 134 Å². The zero-order valence-electron chi connectivity index (χ0n) is 18.1. The molecule has 2 rings (SSSR count). The number of carboxylic acid groups (broad SMARTS) is 3. The van der Waals surface area contributed by atoms with Gasteiger partial charge in [-0.1, -0.05) is 24.4 Å². The van der Waals surface area contributed by atoms with Crippen LogP contribution in [0, 0.1) is 0 Å². The van der Waals surface area contributed by atoms with Crippen LogP contribution in [0.3, 0.4) is 0 Å². The highest BCUT2D eigenvalue weighted by Gasteiger charge is 2.27. The smallest absolute Gasteiger partial charge is 0.317 e. The highest BCUT2D eigenvalue weighted by molar-refractivity contribution is 7.80. The van der Waals surface area contributed by atoms with E-state index in [1.165, 1.54) is 0 Å². The molecule has 0 spiro atoms. The van der Waals surface area contributed by atoms with E-state index < -0.39 is 17.9 Å². The first-order chi connectivity index (χ1) is 15.1. The zero-order chi connectivity index (χ0) is 23.7. The zero-order valence-corrected chi connectivity index (χ0v) is 18.9. The molecule has 0 aromatic heterocycles. The molecule has 0 aliphatic carbocycles. The summed E-state index contributed by atoms with van der Waals surface area (Å²) in [6, 6.07) is 7.41. The number of anilines is 1. The number of thiocarbonyl (C=S) groups is 1. The molecule has 1 fully saturated rings. The van der Waals surface area contributed by atoms with Gasteiger partial charge in [-0.2, -0.15) is 0 Å². The number of carboxylic acids is 3. The molecule has 0 radical (unpaired) electrons. The SMILES string of the molecule is CC(=S)Nc1ccc(C[C@H]2CN(CC(=O)O)CCN(CC(=O)O)CCN2CC(=O)O)cc1. The maximum Gasteiger partial charge on any atom is 0.317 e. The molecule has 0 saturated carbocycles. The Morgan fingerprint density at radius 3 is 2.00 bits per heavy atom. The molecular weight excluding hydrogens is 436 g/mol. The van der Waals surface area contributed by atoms with Crippen molar-refractivity contribution < 1.29 is 29.7 Å². The van der Waals surface area contributed by atoms with Gasteiger partial charge in [0.2, 0.25) is 0 Å². The predicted molar refractivity (Wildman–Crippen MR) is 123 cm³/mol. The lowest BCUT2D eigenvalue weighted by Gasteiger charge is -2.33. The average molecular weight is 467 g/mol. The first-order valence-electron chi connectivity index (χ1n) is 10.3. The van der Waals surface area contributed by atoms with Crippen LogP contribution < -0.4 is 5.32 Å². The Morgan fingerprint density at radius 1 is 0.906 bits per heavy atom. The summed E-state index contributed by atoms with van der Waals surface area (Å²) in [5.41, 5.74) is 1.84. The maximum atomic E-state index is 11.5. The summed E-state index contributed by atoms with van der Waals surface area (Å²) in [5.74, 6) is -2.95. The number of nitrogens with zero attached hydrogens (tertiary/aromatic N) is 3. The fraction of sp³-hybridized carbons (Fsp3) is 0.524. The minimum Gasteiger partial charge on any atom is -0.480 e. The van der Waals surface area contributed by atoms with Crippen molar-refractivity contribution in [2.24, 2.45) is 0 Å². The molecule has 1 aromatic rings. The van der Waals surface area contributed by atoms with E-state index in [9.17, 15) is 29.7 Å². The summed E-state index contributed by atoms with van der Waals surface area (Å²) in [4.78, 5) is 40.0. The van der Waals surface area contributed by atoms with Crippen LogP contribution in [0.5, 0.6) is 0 Å². The molecule has 176 valence electrons. The Balaban J connectivity index is 2.26. The molecule has 10 nitrogen and oxygen atoms in total. The standard InChI is InChI=1S/C21H30N4O6S/c1-15(32)22-17-4-2-16(3-5-17)10-18-11-24(13-20(28)29)7-6-23(12-19(26)27)8-9-25(18)14-21(30)31/h2-5,18H,6-14H2,1H3,(H,22,32)(H,26,27)(H,28,29)(H,30,31)/t18-/m0/s1. The second-order valence-electron chi connectivity index (χ2n) is 7.90. The van der Waals surface area contributed by atoms with Gasteiger partial charge < -0.3 is 20.6 Å². The van der Waals surface area contributed by atoms with E-state index in [4.69, 9.17) is 12.2 Å². The molecule has 0 amide bonds. The molecule has 1 atom stereocenters. The summed E-state index contributed by atoms with van der Waals surface area (Å²) in [7, 11) is 0. The highest BCUT2D eigenvalue weighted by Crippen LogP contribution is 2.16. The molecule has 32 heavy (non-hydrogen) atoms. The van der Waals surface area contributed by atoms with Crippen LogP contribution in [0.4, 0.5) is 5.69 Å². The predicted octanol–water partition coefficient (Wildman–Crippen LogP) is 0.530. The fourth-order valence-corrected chi connectivity index (χ4v) is 3.93. The van der Waals surface area contributed by atoms with Crippen molar-refractivity contribution in [2.45, 2.75) is 19.4 Å². The minimum absolute atomic E-state index is 0.180. The summed E-state index contributed by atoms with van der Waals surface area (Å²) in [6.45, 7) is 3.08. The molecule has 1 aromatic carbocycles. The van der Waals surface area contributed by atoms with Crippen LogP contribution in [-0.2, 0) is 20.8 Å². The number of aliphatic carboxylic acids is 3. The maximum absolute atomic E-state index is 11.5. The van der Waals surface area contributed by atoms with Crippen LogP contribution in [0.15, 0.2) is 24.3 Å². The van der Waals surface area contributed by atoms with Gasteiger partial charge >= 0.3 is 17.9 Å². The minimum atomic E-state index is -0.986. The molecule has 1 saturated heterocycles. The van der Waals surface area contributed by atoms with Crippen LogP contribution in [0.25, 0.3) is 0 Å². The lowest BCUT2D eigenvalue weighted by atomic mass is 10.0. The van der Waals surface area contributed by atoms with Crippen molar-refractivity contribution in [3.63, 3.8) is 0 Å². The van der Waals surface area contributed by atoms with E-state index in [2.05, 4.69) is 5.32 Å². The third kappa shape index (κ3) is 9.27. The summed E-state index contributed by atoms with van der Waals surface area (Å²) in [6.07, 6.45) is 0.527. The second kappa shape index (κ2) is 12.4. The van der Waals surface area contributed by atoms with Crippen molar-refractivity contribution in [1.82, 2.24) is 14.7 Å². The van der Waals surface area contributed by atoms with Gasteiger partial charge in [-0.3, -0.25) is 29.1 Å². The Morgan fingerprint density at radius 2 is 1.44 bits per heavy atom. The third-order valence-corrected chi connectivity index (χ3v) is 5.33. The quantitative estimate of drug-likeness (QED) is 0.380. The van der Waals surface area contributed by atoms with Crippen molar-refractivity contribution >= 4 is 40.8 Å². The van der Waals surface area contributed by atoms with Crippen LogP contribution in [-0.4, -0.2) is 111 Å². The fourth-order valence-electron chi connectivity index (χ4n) is 3.81. The number of benzene rings is 1. The normalized spacial score (nSPS) is 18.8. The molecule has 4 N–H and O–H groups in total. The Labute approximate surface area is 192 Å². The molecule has 0 bridgehead atoms. The molecule has 0 unspecified atom stereocenters. The monoisotopic (exact) mass is 466 g/mol. The first-order valence-corrected chi connectivity index (χ1v) is 10.7.